The topological polar surface area (TPSA) is 46.5 Å². The van der Waals surface area contributed by atoms with Gasteiger partial charge < -0.3 is 9.84 Å². The van der Waals surface area contributed by atoms with Crippen molar-refractivity contribution in [1.82, 2.24) is 0 Å². The molecule has 0 bridgehead atoms. The highest BCUT2D eigenvalue weighted by atomic mass is 16.5. The number of aliphatic carboxylic acids is 1. The molecule has 1 aromatic rings. The van der Waals surface area contributed by atoms with Crippen molar-refractivity contribution in [2.24, 2.45) is 0 Å². The van der Waals surface area contributed by atoms with Crippen molar-refractivity contribution in [2.75, 3.05) is 6.61 Å². The van der Waals surface area contributed by atoms with Gasteiger partial charge in [0.05, 0.1) is 6.61 Å². The summed E-state index contributed by atoms with van der Waals surface area (Å²) in [6.45, 7) is 4.84. The molecule has 0 aromatic heterocycles. The number of unbranched alkanes of at least 4 members (excludes halogenated alkanes) is 1. The van der Waals surface area contributed by atoms with Crippen LogP contribution in [0.3, 0.4) is 0 Å². The van der Waals surface area contributed by atoms with Crippen LogP contribution in [0.25, 0.3) is 0 Å². The van der Waals surface area contributed by atoms with Crippen LogP contribution in [0.5, 0.6) is 5.75 Å². The zero-order valence-corrected chi connectivity index (χ0v) is 10.7. The summed E-state index contributed by atoms with van der Waals surface area (Å²) >= 11 is 0. The van der Waals surface area contributed by atoms with E-state index in [-0.39, 0.29) is 0 Å². The molecule has 0 heterocycles. The van der Waals surface area contributed by atoms with Gasteiger partial charge in [-0.3, -0.25) is 4.79 Å². The van der Waals surface area contributed by atoms with Crippen molar-refractivity contribution in [3.8, 4) is 5.75 Å². The van der Waals surface area contributed by atoms with Crippen LogP contribution < -0.4 is 4.74 Å². The number of carbonyl (C=O) groups is 1. The van der Waals surface area contributed by atoms with E-state index in [1.54, 1.807) is 0 Å². The van der Waals surface area contributed by atoms with Gasteiger partial charge in [-0.15, -0.1) is 0 Å². The zero-order valence-electron chi connectivity index (χ0n) is 10.7. The van der Waals surface area contributed by atoms with Gasteiger partial charge in [0.2, 0.25) is 0 Å². The van der Waals surface area contributed by atoms with Crippen molar-refractivity contribution in [2.45, 2.75) is 39.5 Å². The molecule has 1 N–H and O–H groups in total. The van der Waals surface area contributed by atoms with E-state index < -0.39 is 5.97 Å². The fraction of sp³-hybridized carbons (Fsp3) is 0.500. The second-order valence-corrected chi connectivity index (χ2v) is 3.66. The van der Waals surface area contributed by atoms with Gasteiger partial charge in [0.15, 0.2) is 0 Å². The normalized spacial score (nSPS) is 9.06. The third-order valence-electron chi connectivity index (χ3n) is 1.97. The van der Waals surface area contributed by atoms with Gasteiger partial charge in [-0.05, 0) is 25.0 Å². The molecule has 0 aliphatic heterocycles. The van der Waals surface area contributed by atoms with Crippen LogP contribution >= 0.6 is 0 Å². The van der Waals surface area contributed by atoms with E-state index in [9.17, 15) is 4.79 Å². The van der Waals surface area contributed by atoms with Crippen LogP contribution in [-0.4, -0.2) is 17.7 Å². The summed E-state index contributed by atoms with van der Waals surface area (Å²) in [7, 11) is 0. The molecule has 0 atom stereocenters. The second kappa shape index (κ2) is 11.0. The van der Waals surface area contributed by atoms with Gasteiger partial charge in [-0.2, -0.15) is 0 Å². The van der Waals surface area contributed by atoms with Crippen LogP contribution in [0.2, 0.25) is 0 Å². The average molecular weight is 238 g/mol. The number of rotatable bonds is 6. The molecular formula is C14H22O3. The first-order chi connectivity index (χ1) is 8.20. The lowest BCUT2D eigenvalue weighted by Gasteiger charge is -2.03. The number of carboxylic acid groups (broad SMARTS) is 1. The molecule has 0 amide bonds. The van der Waals surface area contributed by atoms with Crippen LogP contribution in [0.4, 0.5) is 0 Å². The molecule has 96 valence electrons. The number of ether oxygens (including phenoxy) is 1. The summed E-state index contributed by atoms with van der Waals surface area (Å²) in [6, 6.07) is 9.93. The second-order valence-electron chi connectivity index (χ2n) is 3.66. The van der Waals surface area contributed by atoms with Crippen LogP contribution in [-0.2, 0) is 4.79 Å². The third kappa shape index (κ3) is 10.8. The SMILES string of the molecule is CCCC(=O)O.CCCCOc1ccccc1. The Balaban J connectivity index is 0.000000366. The Morgan fingerprint density at radius 1 is 1.18 bits per heavy atom. The van der Waals surface area contributed by atoms with Crippen molar-refractivity contribution in [1.29, 1.82) is 0 Å². The fourth-order valence-electron chi connectivity index (χ4n) is 1.06. The van der Waals surface area contributed by atoms with Gasteiger partial charge in [0.25, 0.3) is 0 Å². The quantitative estimate of drug-likeness (QED) is 0.768. The highest BCUT2D eigenvalue weighted by molar-refractivity contribution is 5.66. The highest BCUT2D eigenvalue weighted by Crippen LogP contribution is 2.08. The molecule has 0 spiro atoms. The summed E-state index contributed by atoms with van der Waals surface area (Å²) in [4.78, 5) is 9.60. The Hall–Kier alpha value is -1.51. The summed E-state index contributed by atoms with van der Waals surface area (Å²) in [5.74, 6) is 0.262. The monoisotopic (exact) mass is 238 g/mol. The fourth-order valence-corrected chi connectivity index (χ4v) is 1.06. The largest absolute Gasteiger partial charge is 0.494 e. The number of benzene rings is 1. The molecule has 17 heavy (non-hydrogen) atoms. The number of para-hydroxylation sites is 1. The average Bonchev–Trinajstić information content (AvgIpc) is 2.31. The van der Waals surface area contributed by atoms with Crippen molar-refractivity contribution >= 4 is 5.97 Å². The first-order valence-electron chi connectivity index (χ1n) is 6.10. The lowest BCUT2D eigenvalue weighted by Crippen LogP contribution is -1.95. The third-order valence-corrected chi connectivity index (χ3v) is 1.97. The minimum Gasteiger partial charge on any atom is -0.494 e. The molecule has 0 saturated carbocycles. The van der Waals surface area contributed by atoms with E-state index in [4.69, 9.17) is 9.84 Å². The Morgan fingerprint density at radius 2 is 1.82 bits per heavy atom. The first kappa shape index (κ1) is 15.5. The van der Waals surface area contributed by atoms with E-state index in [0.717, 1.165) is 25.2 Å². The minimum absolute atomic E-state index is 0.292. The van der Waals surface area contributed by atoms with Crippen molar-refractivity contribution in [3.63, 3.8) is 0 Å². The highest BCUT2D eigenvalue weighted by Gasteiger charge is 1.88. The molecule has 0 fully saturated rings. The summed E-state index contributed by atoms with van der Waals surface area (Å²) in [6.07, 6.45) is 3.34. The molecule has 3 heteroatoms. The van der Waals surface area contributed by atoms with E-state index in [2.05, 4.69) is 6.92 Å². The smallest absolute Gasteiger partial charge is 0.303 e. The first-order valence-corrected chi connectivity index (χ1v) is 6.10. The maximum absolute atomic E-state index is 9.60. The Kier molecular flexibility index (Phi) is 10.0. The van der Waals surface area contributed by atoms with Crippen molar-refractivity contribution < 1.29 is 14.6 Å². The summed E-state index contributed by atoms with van der Waals surface area (Å²) in [5, 5.41) is 7.91. The molecule has 0 unspecified atom stereocenters. The van der Waals surface area contributed by atoms with E-state index >= 15 is 0 Å². The van der Waals surface area contributed by atoms with Gasteiger partial charge in [0.1, 0.15) is 5.75 Å². The number of carboxylic acids is 1. The summed E-state index contributed by atoms with van der Waals surface area (Å²) < 4.78 is 5.45. The Morgan fingerprint density at radius 3 is 2.24 bits per heavy atom. The van der Waals surface area contributed by atoms with Gasteiger partial charge >= 0.3 is 5.97 Å². The predicted octanol–water partition coefficient (Wildman–Crippen LogP) is 3.74. The molecule has 0 radical (unpaired) electrons. The maximum Gasteiger partial charge on any atom is 0.303 e. The number of hydrogen-bond donors (Lipinski definition) is 1. The maximum atomic E-state index is 9.60. The van der Waals surface area contributed by atoms with Gasteiger partial charge in [-0.25, -0.2) is 0 Å². The van der Waals surface area contributed by atoms with Crippen molar-refractivity contribution in [3.05, 3.63) is 30.3 Å². The van der Waals surface area contributed by atoms with E-state index in [1.807, 2.05) is 37.3 Å². The zero-order chi connectivity index (χ0) is 12.9. The Labute approximate surface area is 103 Å². The molecule has 1 aromatic carbocycles. The summed E-state index contributed by atoms with van der Waals surface area (Å²) in [5.41, 5.74) is 0. The molecular weight excluding hydrogens is 216 g/mol. The predicted molar refractivity (Wildman–Crippen MR) is 69.4 cm³/mol. The molecule has 0 saturated heterocycles. The lowest BCUT2D eigenvalue weighted by molar-refractivity contribution is -0.137. The van der Waals surface area contributed by atoms with Crippen LogP contribution in [0, 0.1) is 0 Å². The molecule has 0 aliphatic rings. The lowest BCUT2D eigenvalue weighted by atomic mass is 10.3. The van der Waals surface area contributed by atoms with Gasteiger partial charge in [-0.1, -0.05) is 38.5 Å². The van der Waals surface area contributed by atoms with Crippen LogP contribution in [0.15, 0.2) is 30.3 Å². The van der Waals surface area contributed by atoms with E-state index in [0.29, 0.717) is 6.42 Å². The van der Waals surface area contributed by atoms with Crippen LogP contribution in [0.1, 0.15) is 39.5 Å². The number of hydrogen-bond acceptors (Lipinski definition) is 2. The minimum atomic E-state index is -0.711. The Bertz CT molecular complexity index is 283. The molecule has 1 rings (SSSR count). The van der Waals surface area contributed by atoms with E-state index in [1.165, 1.54) is 6.42 Å². The van der Waals surface area contributed by atoms with Gasteiger partial charge in [0, 0.05) is 6.42 Å². The molecule has 3 nitrogen and oxygen atoms in total. The molecule has 0 aliphatic carbocycles. The standard InChI is InChI=1S/C10H14O.C4H8O2/c1-2-3-9-11-10-7-5-4-6-8-10;1-2-3-4(5)6/h4-8H,2-3,9H2,1H3;2-3H2,1H3,(H,5,6).